The zero-order valence-electron chi connectivity index (χ0n) is 12.1. The topological polar surface area (TPSA) is 73.1 Å². The Hall–Kier alpha value is -2.14. The van der Waals surface area contributed by atoms with Gasteiger partial charge in [0.25, 0.3) is 0 Å². The number of methoxy groups -OCH3 is 1. The summed E-state index contributed by atoms with van der Waals surface area (Å²) in [5.74, 6) is 1.55. The highest BCUT2D eigenvalue weighted by molar-refractivity contribution is 5.61. The van der Waals surface area contributed by atoms with Gasteiger partial charge in [0.05, 0.1) is 24.2 Å². The lowest BCUT2D eigenvalue weighted by Gasteiger charge is -2.12. The van der Waals surface area contributed by atoms with Crippen molar-refractivity contribution in [2.45, 2.75) is 13.8 Å². The molecular weight excluding hydrogens is 252 g/mol. The van der Waals surface area contributed by atoms with E-state index < -0.39 is 0 Å². The number of nitrogens with two attached hydrogens (primary N) is 1. The zero-order chi connectivity index (χ0) is 14.5. The molecule has 0 spiro atoms. The van der Waals surface area contributed by atoms with E-state index in [2.05, 4.69) is 15.3 Å². The second kappa shape index (κ2) is 6.34. The van der Waals surface area contributed by atoms with Crippen molar-refractivity contribution in [2.24, 2.45) is 5.73 Å². The van der Waals surface area contributed by atoms with Crippen LogP contribution >= 0.6 is 0 Å². The molecule has 3 N–H and O–H groups in total. The van der Waals surface area contributed by atoms with E-state index in [1.165, 1.54) is 0 Å². The molecule has 2 aromatic rings. The SMILES string of the molecule is COc1ccc(-c2nc(C)c(NCCN)c(C)n2)cc1. The normalized spacial score (nSPS) is 10.4. The van der Waals surface area contributed by atoms with E-state index in [1.807, 2.05) is 38.1 Å². The van der Waals surface area contributed by atoms with Gasteiger partial charge in [0, 0.05) is 18.7 Å². The number of aryl methyl sites for hydroxylation is 2. The second-order valence-corrected chi connectivity index (χ2v) is 4.54. The largest absolute Gasteiger partial charge is 0.497 e. The van der Waals surface area contributed by atoms with Gasteiger partial charge in [0.1, 0.15) is 5.75 Å². The minimum Gasteiger partial charge on any atom is -0.497 e. The molecule has 0 saturated carbocycles. The number of benzene rings is 1. The van der Waals surface area contributed by atoms with Crippen LogP contribution in [0.15, 0.2) is 24.3 Å². The van der Waals surface area contributed by atoms with Gasteiger partial charge in [-0.25, -0.2) is 9.97 Å². The van der Waals surface area contributed by atoms with Crippen molar-refractivity contribution in [3.63, 3.8) is 0 Å². The molecule has 5 heteroatoms. The van der Waals surface area contributed by atoms with Crippen LogP contribution in [0.25, 0.3) is 11.4 Å². The van der Waals surface area contributed by atoms with E-state index in [4.69, 9.17) is 10.5 Å². The van der Waals surface area contributed by atoms with Crippen molar-refractivity contribution in [2.75, 3.05) is 25.5 Å². The molecule has 0 aliphatic heterocycles. The van der Waals surface area contributed by atoms with Crippen molar-refractivity contribution in [1.29, 1.82) is 0 Å². The fraction of sp³-hybridized carbons (Fsp3) is 0.333. The molecule has 0 amide bonds. The van der Waals surface area contributed by atoms with Gasteiger partial charge in [-0.15, -0.1) is 0 Å². The molecule has 0 atom stereocenters. The number of hydrogen-bond donors (Lipinski definition) is 2. The summed E-state index contributed by atoms with van der Waals surface area (Å²) >= 11 is 0. The summed E-state index contributed by atoms with van der Waals surface area (Å²) < 4.78 is 5.15. The van der Waals surface area contributed by atoms with Crippen LogP contribution in [-0.4, -0.2) is 30.2 Å². The van der Waals surface area contributed by atoms with Crippen LogP contribution in [-0.2, 0) is 0 Å². The third kappa shape index (κ3) is 3.05. The lowest BCUT2D eigenvalue weighted by molar-refractivity contribution is 0.415. The molecule has 2 rings (SSSR count). The van der Waals surface area contributed by atoms with Crippen LogP contribution < -0.4 is 15.8 Å². The molecule has 20 heavy (non-hydrogen) atoms. The Morgan fingerprint density at radius 2 is 1.70 bits per heavy atom. The Bertz CT molecular complexity index is 558. The maximum Gasteiger partial charge on any atom is 0.159 e. The van der Waals surface area contributed by atoms with Crippen LogP contribution in [0.3, 0.4) is 0 Å². The smallest absolute Gasteiger partial charge is 0.159 e. The molecule has 0 bridgehead atoms. The summed E-state index contributed by atoms with van der Waals surface area (Å²) in [6, 6.07) is 7.73. The summed E-state index contributed by atoms with van der Waals surface area (Å²) in [6.45, 7) is 5.24. The number of anilines is 1. The molecule has 0 unspecified atom stereocenters. The highest BCUT2D eigenvalue weighted by atomic mass is 16.5. The van der Waals surface area contributed by atoms with Crippen molar-refractivity contribution in [1.82, 2.24) is 9.97 Å². The fourth-order valence-corrected chi connectivity index (χ4v) is 2.04. The first kappa shape index (κ1) is 14.3. The first-order chi connectivity index (χ1) is 9.65. The standard InChI is InChI=1S/C15H20N4O/c1-10-14(17-9-8-16)11(2)19-15(18-10)12-4-6-13(20-3)7-5-12/h4-7,17H,8-9,16H2,1-3H3. The number of rotatable bonds is 5. The molecule has 0 fully saturated rings. The Morgan fingerprint density at radius 3 is 2.20 bits per heavy atom. The molecule has 5 nitrogen and oxygen atoms in total. The van der Waals surface area contributed by atoms with Crippen molar-refractivity contribution in [3.05, 3.63) is 35.7 Å². The third-order valence-electron chi connectivity index (χ3n) is 3.07. The summed E-state index contributed by atoms with van der Waals surface area (Å²) in [4.78, 5) is 9.11. The highest BCUT2D eigenvalue weighted by Crippen LogP contribution is 2.23. The first-order valence-corrected chi connectivity index (χ1v) is 6.59. The van der Waals surface area contributed by atoms with Crippen LogP contribution in [0, 0.1) is 13.8 Å². The van der Waals surface area contributed by atoms with E-state index in [-0.39, 0.29) is 0 Å². The van der Waals surface area contributed by atoms with Gasteiger partial charge in [-0.1, -0.05) is 0 Å². The summed E-state index contributed by atoms with van der Waals surface area (Å²) in [7, 11) is 1.65. The van der Waals surface area contributed by atoms with Crippen LogP contribution in [0.2, 0.25) is 0 Å². The number of nitrogens with zero attached hydrogens (tertiary/aromatic N) is 2. The summed E-state index contributed by atoms with van der Waals surface area (Å²) in [5.41, 5.74) is 9.30. The number of nitrogens with one attached hydrogen (secondary N) is 1. The van der Waals surface area contributed by atoms with Gasteiger partial charge >= 0.3 is 0 Å². The molecular formula is C15H20N4O. The average Bonchev–Trinajstić information content (AvgIpc) is 2.46. The van der Waals surface area contributed by atoms with E-state index in [0.717, 1.165) is 34.2 Å². The van der Waals surface area contributed by atoms with Crippen LogP contribution in [0.4, 0.5) is 5.69 Å². The predicted octanol–water partition coefficient (Wildman–Crippen LogP) is 2.14. The van der Waals surface area contributed by atoms with Gasteiger partial charge in [-0.3, -0.25) is 0 Å². The maximum absolute atomic E-state index is 5.51. The van der Waals surface area contributed by atoms with Gasteiger partial charge in [0.2, 0.25) is 0 Å². The van der Waals surface area contributed by atoms with Gasteiger partial charge < -0.3 is 15.8 Å². The van der Waals surface area contributed by atoms with E-state index in [1.54, 1.807) is 7.11 Å². The number of hydrogen-bond acceptors (Lipinski definition) is 5. The fourth-order valence-electron chi connectivity index (χ4n) is 2.04. The second-order valence-electron chi connectivity index (χ2n) is 4.54. The quantitative estimate of drug-likeness (QED) is 0.872. The number of aromatic nitrogens is 2. The van der Waals surface area contributed by atoms with E-state index >= 15 is 0 Å². The first-order valence-electron chi connectivity index (χ1n) is 6.59. The van der Waals surface area contributed by atoms with E-state index in [0.29, 0.717) is 13.1 Å². The molecule has 106 valence electrons. The maximum atomic E-state index is 5.51. The Labute approximate surface area is 119 Å². The Balaban J connectivity index is 2.33. The lowest BCUT2D eigenvalue weighted by atomic mass is 10.2. The monoisotopic (exact) mass is 272 g/mol. The average molecular weight is 272 g/mol. The van der Waals surface area contributed by atoms with E-state index in [9.17, 15) is 0 Å². The number of ether oxygens (including phenoxy) is 1. The van der Waals surface area contributed by atoms with Crippen LogP contribution in [0.5, 0.6) is 5.75 Å². The van der Waals surface area contributed by atoms with Gasteiger partial charge in [-0.2, -0.15) is 0 Å². The van der Waals surface area contributed by atoms with Gasteiger partial charge in [-0.05, 0) is 38.1 Å². The van der Waals surface area contributed by atoms with Crippen LogP contribution in [0.1, 0.15) is 11.4 Å². The molecule has 1 aromatic heterocycles. The third-order valence-corrected chi connectivity index (χ3v) is 3.07. The highest BCUT2D eigenvalue weighted by Gasteiger charge is 2.09. The van der Waals surface area contributed by atoms with Crippen molar-refractivity contribution in [3.8, 4) is 17.1 Å². The molecule has 0 radical (unpaired) electrons. The zero-order valence-corrected chi connectivity index (χ0v) is 12.1. The summed E-state index contributed by atoms with van der Waals surface area (Å²) in [6.07, 6.45) is 0. The predicted molar refractivity (Wildman–Crippen MR) is 81.0 cm³/mol. The molecule has 0 aliphatic carbocycles. The molecule has 1 aromatic carbocycles. The minimum absolute atomic E-state index is 0.582. The molecule has 0 saturated heterocycles. The Kier molecular flexibility index (Phi) is 4.53. The van der Waals surface area contributed by atoms with Gasteiger partial charge in [0.15, 0.2) is 5.82 Å². The molecule has 0 aliphatic rings. The molecule has 1 heterocycles. The minimum atomic E-state index is 0.582. The summed E-state index contributed by atoms with van der Waals surface area (Å²) in [5, 5.41) is 3.26. The van der Waals surface area contributed by atoms with Crippen molar-refractivity contribution >= 4 is 5.69 Å². The lowest BCUT2D eigenvalue weighted by Crippen LogP contribution is -2.15. The Morgan fingerprint density at radius 1 is 1.10 bits per heavy atom. The van der Waals surface area contributed by atoms with Crippen molar-refractivity contribution < 1.29 is 4.74 Å².